The van der Waals surface area contributed by atoms with Crippen molar-refractivity contribution in [2.45, 2.75) is 12.1 Å². The van der Waals surface area contributed by atoms with Gasteiger partial charge in [-0.2, -0.15) is 0 Å². The highest BCUT2D eigenvalue weighted by Crippen LogP contribution is 2.30. The molecule has 0 fully saturated rings. The van der Waals surface area contributed by atoms with Gasteiger partial charge in [0.25, 0.3) is 0 Å². The predicted molar refractivity (Wildman–Crippen MR) is 126 cm³/mol. The second kappa shape index (κ2) is 10.00. The molecule has 0 aliphatic carbocycles. The second-order valence-electron chi connectivity index (χ2n) is 6.73. The second-order valence-corrected chi connectivity index (χ2v) is 7.67. The van der Waals surface area contributed by atoms with Gasteiger partial charge in [0.2, 0.25) is 5.91 Å². The zero-order chi connectivity index (χ0) is 21.5. The fourth-order valence-electron chi connectivity index (χ4n) is 3.24. The van der Waals surface area contributed by atoms with E-state index in [1.165, 1.54) is 11.8 Å². The van der Waals surface area contributed by atoms with Crippen LogP contribution in [0.4, 0.5) is 5.69 Å². The number of rotatable bonds is 8. The summed E-state index contributed by atoms with van der Waals surface area (Å²) in [5, 5.41) is 3.70. The smallest absolute Gasteiger partial charge is 0.234 e. The Balaban J connectivity index is 1.55. The summed E-state index contributed by atoms with van der Waals surface area (Å²) >= 11 is 1.40. The number of hydrogen-bond donors (Lipinski definition) is 1. The summed E-state index contributed by atoms with van der Waals surface area (Å²) < 4.78 is 7.68. The number of aromatic nitrogens is 2. The van der Waals surface area contributed by atoms with Gasteiger partial charge in [0, 0.05) is 11.3 Å². The molecule has 4 aromatic rings. The first-order valence-corrected chi connectivity index (χ1v) is 11.1. The quantitative estimate of drug-likeness (QED) is 0.367. The molecule has 0 aliphatic heterocycles. The maximum Gasteiger partial charge on any atom is 0.234 e. The lowest BCUT2D eigenvalue weighted by Crippen LogP contribution is -2.15. The molecular weight excluding hydrogens is 406 g/mol. The van der Waals surface area contributed by atoms with Crippen molar-refractivity contribution in [2.75, 3.05) is 17.7 Å². The number of nitrogens with zero attached hydrogens (tertiary/aromatic N) is 2. The van der Waals surface area contributed by atoms with Crippen LogP contribution >= 0.6 is 11.8 Å². The average molecular weight is 430 g/mol. The zero-order valence-corrected chi connectivity index (χ0v) is 18.0. The Kier molecular flexibility index (Phi) is 6.69. The van der Waals surface area contributed by atoms with Crippen LogP contribution in [0.3, 0.4) is 0 Å². The molecule has 0 unspecified atom stereocenters. The largest absolute Gasteiger partial charge is 0.492 e. The van der Waals surface area contributed by atoms with Crippen LogP contribution in [-0.2, 0) is 4.79 Å². The number of ether oxygens (including phenoxy) is 1. The van der Waals surface area contributed by atoms with Gasteiger partial charge in [-0.3, -0.25) is 9.36 Å². The van der Waals surface area contributed by atoms with Gasteiger partial charge in [-0.1, -0.05) is 72.4 Å². The van der Waals surface area contributed by atoms with Gasteiger partial charge in [-0.05, 0) is 31.2 Å². The number of nitrogens with one attached hydrogen (secondary N) is 1. The van der Waals surface area contributed by atoms with E-state index < -0.39 is 0 Å². The number of hydrogen-bond acceptors (Lipinski definition) is 4. The number of thioether (sulfide) groups is 1. The number of para-hydroxylation sites is 3. The molecule has 0 radical (unpaired) electrons. The maximum atomic E-state index is 12.6. The Bertz CT molecular complexity index is 1140. The molecule has 5 nitrogen and oxygen atoms in total. The lowest BCUT2D eigenvalue weighted by molar-refractivity contribution is -0.113. The predicted octanol–water partition coefficient (Wildman–Crippen LogP) is 5.67. The Morgan fingerprint density at radius 3 is 2.39 bits per heavy atom. The van der Waals surface area contributed by atoms with Crippen molar-refractivity contribution < 1.29 is 9.53 Å². The van der Waals surface area contributed by atoms with E-state index >= 15 is 0 Å². The molecule has 4 rings (SSSR count). The van der Waals surface area contributed by atoms with E-state index in [0.717, 1.165) is 22.1 Å². The van der Waals surface area contributed by atoms with Crippen molar-refractivity contribution in [3.05, 3.63) is 91.1 Å². The molecule has 6 heteroatoms. The number of carbonyl (C=O) groups excluding carboxylic acids is 1. The van der Waals surface area contributed by atoms with Crippen LogP contribution in [0, 0.1) is 0 Å². The molecule has 156 valence electrons. The summed E-state index contributed by atoms with van der Waals surface area (Å²) in [7, 11) is 0. The van der Waals surface area contributed by atoms with Crippen LogP contribution in [-0.4, -0.2) is 27.8 Å². The highest BCUT2D eigenvalue weighted by atomic mass is 32.2. The molecule has 0 saturated carbocycles. The number of anilines is 1. The normalized spacial score (nSPS) is 10.6. The summed E-state index contributed by atoms with van der Waals surface area (Å²) in [6.45, 7) is 2.46. The minimum absolute atomic E-state index is 0.110. The molecule has 1 heterocycles. The summed E-state index contributed by atoms with van der Waals surface area (Å²) in [4.78, 5) is 17.3. The first-order valence-electron chi connectivity index (χ1n) is 10.1. The Labute approximate surface area is 186 Å². The summed E-state index contributed by atoms with van der Waals surface area (Å²) in [5.74, 6) is 0.792. The molecule has 1 N–H and O–H groups in total. The summed E-state index contributed by atoms with van der Waals surface area (Å²) in [6, 6.07) is 27.6. The van der Waals surface area contributed by atoms with E-state index in [2.05, 4.69) is 27.0 Å². The monoisotopic (exact) mass is 429 g/mol. The highest BCUT2D eigenvalue weighted by Gasteiger charge is 2.16. The lowest BCUT2D eigenvalue weighted by atomic mass is 10.1. The topological polar surface area (TPSA) is 56.1 Å². The van der Waals surface area contributed by atoms with Gasteiger partial charge in [-0.25, -0.2) is 4.98 Å². The fourth-order valence-corrected chi connectivity index (χ4v) is 4.04. The Morgan fingerprint density at radius 1 is 0.968 bits per heavy atom. The van der Waals surface area contributed by atoms with E-state index in [4.69, 9.17) is 4.74 Å². The Hall–Kier alpha value is -3.51. The molecule has 0 atom stereocenters. The summed E-state index contributed by atoms with van der Waals surface area (Å²) in [5.41, 5.74) is 3.73. The molecule has 31 heavy (non-hydrogen) atoms. The lowest BCUT2D eigenvalue weighted by Gasteiger charge is -2.13. The van der Waals surface area contributed by atoms with Crippen molar-refractivity contribution in [1.82, 2.24) is 9.55 Å². The molecule has 0 aliphatic rings. The molecule has 0 bridgehead atoms. The molecule has 0 saturated heterocycles. The van der Waals surface area contributed by atoms with Crippen molar-refractivity contribution in [1.29, 1.82) is 0 Å². The van der Waals surface area contributed by atoms with Gasteiger partial charge in [0.1, 0.15) is 5.75 Å². The minimum atomic E-state index is -0.110. The fraction of sp³-hybridized carbons (Fsp3) is 0.120. The van der Waals surface area contributed by atoms with Gasteiger partial charge in [-0.15, -0.1) is 0 Å². The first kappa shape index (κ1) is 20.8. The van der Waals surface area contributed by atoms with Gasteiger partial charge >= 0.3 is 0 Å². The minimum Gasteiger partial charge on any atom is -0.492 e. The zero-order valence-electron chi connectivity index (χ0n) is 17.2. The van der Waals surface area contributed by atoms with E-state index in [9.17, 15) is 4.79 Å². The standard InChI is InChI=1S/C25H23N3O2S/c1-2-30-23-16-10-9-15-21(23)27-24(29)18-31-25-26-17-22(19-11-5-3-6-12-19)28(25)20-13-7-4-8-14-20/h3-17H,2,18H2,1H3,(H,27,29). The summed E-state index contributed by atoms with van der Waals surface area (Å²) in [6.07, 6.45) is 1.85. The van der Waals surface area contributed by atoms with Gasteiger partial charge < -0.3 is 10.1 Å². The van der Waals surface area contributed by atoms with Crippen LogP contribution in [0.15, 0.2) is 96.3 Å². The van der Waals surface area contributed by atoms with E-state index in [1.807, 2.05) is 85.9 Å². The van der Waals surface area contributed by atoms with E-state index in [1.54, 1.807) is 0 Å². The van der Waals surface area contributed by atoms with Crippen LogP contribution in [0.5, 0.6) is 5.75 Å². The van der Waals surface area contributed by atoms with Crippen molar-refractivity contribution >= 4 is 23.4 Å². The van der Waals surface area contributed by atoms with Crippen LogP contribution in [0.25, 0.3) is 16.9 Å². The molecule has 1 amide bonds. The molecule has 1 aromatic heterocycles. The number of imidazole rings is 1. The number of amides is 1. The number of benzene rings is 3. The molecule has 0 spiro atoms. The number of carbonyl (C=O) groups is 1. The third kappa shape index (κ3) is 4.98. The highest BCUT2D eigenvalue weighted by molar-refractivity contribution is 7.99. The van der Waals surface area contributed by atoms with E-state index in [0.29, 0.717) is 18.0 Å². The van der Waals surface area contributed by atoms with Crippen molar-refractivity contribution in [2.24, 2.45) is 0 Å². The van der Waals surface area contributed by atoms with Gasteiger partial charge in [0.15, 0.2) is 5.16 Å². The van der Waals surface area contributed by atoms with E-state index in [-0.39, 0.29) is 11.7 Å². The van der Waals surface area contributed by atoms with Crippen molar-refractivity contribution in [3.8, 4) is 22.7 Å². The first-order chi connectivity index (χ1) is 15.3. The van der Waals surface area contributed by atoms with Crippen LogP contribution < -0.4 is 10.1 Å². The third-order valence-electron chi connectivity index (χ3n) is 4.61. The Morgan fingerprint density at radius 2 is 1.65 bits per heavy atom. The van der Waals surface area contributed by atoms with Crippen molar-refractivity contribution in [3.63, 3.8) is 0 Å². The van der Waals surface area contributed by atoms with Crippen LogP contribution in [0.1, 0.15) is 6.92 Å². The maximum absolute atomic E-state index is 12.6. The SMILES string of the molecule is CCOc1ccccc1NC(=O)CSc1ncc(-c2ccccc2)n1-c1ccccc1. The van der Waals surface area contributed by atoms with Gasteiger partial charge in [0.05, 0.1) is 29.9 Å². The molecular formula is C25H23N3O2S. The molecule has 3 aromatic carbocycles. The van der Waals surface area contributed by atoms with Crippen LogP contribution in [0.2, 0.25) is 0 Å². The average Bonchev–Trinajstić information content (AvgIpc) is 3.24. The third-order valence-corrected chi connectivity index (χ3v) is 5.56.